The number of nitrogen functional groups attached to an aromatic ring is 1. The number of aromatic nitrogens is 1. The predicted molar refractivity (Wildman–Crippen MR) is 75.8 cm³/mol. The number of hydrogen-bond acceptors (Lipinski definition) is 6. The Hall–Kier alpha value is -1.38. The number of sulfone groups is 1. The Kier molecular flexibility index (Phi) is 3.31. The van der Waals surface area contributed by atoms with E-state index in [1.165, 1.54) is 0 Å². The number of nitrogens with zero attached hydrogens (tertiary/aromatic N) is 1. The third-order valence-electron chi connectivity index (χ3n) is 3.10. The predicted octanol–water partition coefficient (Wildman–Crippen LogP) is 1.86. The number of rotatable bonds is 3. The van der Waals surface area contributed by atoms with Crippen molar-refractivity contribution in [3.05, 3.63) is 28.7 Å². The summed E-state index contributed by atoms with van der Waals surface area (Å²) in [5.41, 5.74) is 6.19. The number of benzene rings is 1. The van der Waals surface area contributed by atoms with Gasteiger partial charge in [0.2, 0.25) is 0 Å². The zero-order valence-electron chi connectivity index (χ0n) is 10.2. The normalized spacial score (nSPS) is 16.1. The lowest BCUT2D eigenvalue weighted by atomic mass is 10.2. The van der Waals surface area contributed by atoms with Crippen molar-refractivity contribution in [2.24, 2.45) is 0 Å². The lowest BCUT2D eigenvalue weighted by molar-refractivity contribution is 0.0416. The van der Waals surface area contributed by atoms with Crippen LogP contribution in [0.2, 0.25) is 0 Å². The lowest BCUT2D eigenvalue weighted by Gasteiger charge is -2.26. The van der Waals surface area contributed by atoms with Gasteiger partial charge in [-0.15, -0.1) is 0 Å². The van der Waals surface area contributed by atoms with Gasteiger partial charge in [0.05, 0.1) is 18.1 Å². The molecule has 0 aliphatic carbocycles. The zero-order valence-corrected chi connectivity index (χ0v) is 12.6. The molecule has 0 bridgehead atoms. The first-order chi connectivity index (χ1) is 9.48. The highest BCUT2D eigenvalue weighted by atomic mass is 79.9. The van der Waals surface area contributed by atoms with Gasteiger partial charge in [0.15, 0.2) is 21.4 Å². The van der Waals surface area contributed by atoms with Gasteiger partial charge in [-0.1, -0.05) is 5.16 Å². The summed E-state index contributed by atoms with van der Waals surface area (Å²) in [5.74, 6) is 0.763. The second-order valence-electron chi connectivity index (χ2n) is 4.47. The molecule has 8 heteroatoms. The van der Waals surface area contributed by atoms with E-state index in [0.29, 0.717) is 15.8 Å². The van der Waals surface area contributed by atoms with Crippen LogP contribution in [0.15, 0.2) is 38.2 Å². The van der Waals surface area contributed by atoms with Gasteiger partial charge in [0.25, 0.3) is 0 Å². The van der Waals surface area contributed by atoms with Crippen molar-refractivity contribution >= 4 is 31.6 Å². The maximum atomic E-state index is 12.3. The van der Waals surface area contributed by atoms with E-state index in [0.717, 1.165) is 0 Å². The van der Waals surface area contributed by atoms with Gasteiger partial charge < -0.3 is 15.0 Å². The Balaban J connectivity index is 1.99. The van der Waals surface area contributed by atoms with Crippen LogP contribution in [0.25, 0.3) is 11.3 Å². The van der Waals surface area contributed by atoms with E-state index >= 15 is 0 Å². The summed E-state index contributed by atoms with van der Waals surface area (Å²) >= 11 is 3.30. The summed E-state index contributed by atoms with van der Waals surface area (Å²) in [6.07, 6.45) is 0. The molecular formula is C12H11BrN2O4S. The summed E-state index contributed by atoms with van der Waals surface area (Å²) in [6.45, 7) is 0.490. The van der Waals surface area contributed by atoms with Gasteiger partial charge >= 0.3 is 0 Å². The monoisotopic (exact) mass is 358 g/mol. The average molecular weight is 359 g/mol. The van der Waals surface area contributed by atoms with E-state index in [1.54, 1.807) is 24.3 Å². The molecule has 2 aromatic rings. The topological polar surface area (TPSA) is 95.4 Å². The first-order valence-corrected chi connectivity index (χ1v) is 8.16. The van der Waals surface area contributed by atoms with Crippen LogP contribution < -0.4 is 5.73 Å². The van der Waals surface area contributed by atoms with Gasteiger partial charge in [-0.25, -0.2) is 8.42 Å². The second-order valence-corrected chi connectivity index (χ2v) is 7.52. The largest absolute Gasteiger partial charge is 0.381 e. The van der Waals surface area contributed by atoms with Crippen molar-refractivity contribution in [2.45, 2.75) is 10.1 Å². The van der Waals surface area contributed by atoms with Crippen LogP contribution in [0, 0.1) is 0 Å². The number of hydrogen-bond donors (Lipinski definition) is 1. The maximum absolute atomic E-state index is 12.3. The summed E-state index contributed by atoms with van der Waals surface area (Å²) in [4.78, 5) is 0.252. The minimum absolute atomic E-state index is 0.245. The number of ether oxygens (including phenoxy) is 1. The van der Waals surface area contributed by atoms with Gasteiger partial charge in [-0.05, 0) is 34.1 Å². The molecule has 1 fully saturated rings. The molecule has 20 heavy (non-hydrogen) atoms. The Morgan fingerprint density at radius 2 is 2.05 bits per heavy atom. The highest BCUT2D eigenvalue weighted by Gasteiger charge is 2.35. The van der Waals surface area contributed by atoms with E-state index < -0.39 is 15.1 Å². The summed E-state index contributed by atoms with van der Waals surface area (Å²) in [7, 11) is -3.37. The SMILES string of the molecule is Nc1cc(-c2ccc(S(=O)(=O)C3COC3)c(Br)c2)on1. The third kappa shape index (κ3) is 2.23. The smallest absolute Gasteiger partial charge is 0.186 e. The molecule has 1 saturated heterocycles. The fraction of sp³-hybridized carbons (Fsp3) is 0.250. The molecule has 1 aliphatic heterocycles. The molecule has 6 nitrogen and oxygen atoms in total. The molecule has 1 aromatic heterocycles. The summed E-state index contributed by atoms with van der Waals surface area (Å²) < 4.78 is 35.1. The van der Waals surface area contributed by atoms with E-state index in [1.807, 2.05) is 0 Å². The van der Waals surface area contributed by atoms with Crippen molar-refractivity contribution in [1.82, 2.24) is 5.16 Å². The Morgan fingerprint density at radius 3 is 2.55 bits per heavy atom. The van der Waals surface area contributed by atoms with E-state index in [2.05, 4.69) is 21.1 Å². The fourth-order valence-electron chi connectivity index (χ4n) is 1.88. The molecular weight excluding hydrogens is 348 g/mol. The molecule has 2 N–H and O–H groups in total. The summed E-state index contributed by atoms with van der Waals surface area (Å²) in [6, 6.07) is 6.46. The van der Waals surface area contributed by atoms with Gasteiger partial charge in [0.1, 0.15) is 5.25 Å². The van der Waals surface area contributed by atoms with Gasteiger partial charge in [0, 0.05) is 16.1 Å². The van der Waals surface area contributed by atoms with E-state index in [9.17, 15) is 8.42 Å². The fourth-order valence-corrected chi connectivity index (χ4v) is 4.44. The molecule has 0 radical (unpaired) electrons. The van der Waals surface area contributed by atoms with E-state index in [4.69, 9.17) is 15.0 Å². The van der Waals surface area contributed by atoms with Gasteiger partial charge in [-0.2, -0.15) is 0 Å². The van der Waals surface area contributed by atoms with E-state index in [-0.39, 0.29) is 23.9 Å². The molecule has 3 rings (SSSR count). The summed E-state index contributed by atoms with van der Waals surface area (Å²) in [5, 5.41) is 3.13. The van der Waals surface area contributed by atoms with Crippen molar-refractivity contribution in [3.8, 4) is 11.3 Å². The third-order valence-corrected chi connectivity index (χ3v) is 6.14. The number of anilines is 1. The van der Waals surface area contributed by atoms with Crippen LogP contribution in [0.4, 0.5) is 5.82 Å². The molecule has 2 heterocycles. The minimum Gasteiger partial charge on any atom is -0.381 e. The highest BCUT2D eigenvalue weighted by Crippen LogP contribution is 2.32. The lowest BCUT2D eigenvalue weighted by Crippen LogP contribution is -2.40. The zero-order chi connectivity index (χ0) is 14.3. The quantitative estimate of drug-likeness (QED) is 0.899. The first-order valence-electron chi connectivity index (χ1n) is 5.82. The first kappa shape index (κ1) is 13.6. The molecule has 0 unspecified atom stereocenters. The second kappa shape index (κ2) is 4.87. The van der Waals surface area contributed by atoms with Crippen molar-refractivity contribution in [1.29, 1.82) is 0 Å². The maximum Gasteiger partial charge on any atom is 0.186 e. The van der Waals surface area contributed by atoms with Crippen LogP contribution in [0.5, 0.6) is 0 Å². The van der Waals surface area contributed by atoms with Crippen LogP contribution in [-0.4, -0.2) is 32.0 Å². The van der Waals surface area contributed by atoms with Crippen molar-refractivity contribution < 1.29 is 17.7 Å². The average Bonchev–Trinajstić information content (AvgIpc) is 2.72. The van der Waals surface area contributed by atoms with Crippen LogP contribution >= 0.6 is 15.9 Å². The number of nitrogens with two attached hydrogens (primary N) is 1. The molecule has 0 amide bonds. The molecule has 1 aromatic carbocycles. The van der Waals surface area contributed by atoms with Crippen LogP contribution in [-0.2, 0) is 14.6 Å². The molecule has 0 spiro atoms. The minimum atomic E-state index is -3.37. The Morgan fingerprint density at radius 1 is 1.30 bits per heavy atom. The van der Waals surface area contributed by atoms with Crippen molar-refractivity contribution in [2.75, 3.05) is 18.9 Å². The van der Waals surface area contributed by atoms with Crippen LogP contribution in [0.3, 0.4) is 0 Å². The molecule has 0 atom stereocenters. The standard InChI is InChI=1S/C12H11BrN2O4S/c13-9-3-7(10-4-12(14)15-19-10)1-2-11(9)20(16,17)8-5-18-6-8/h1-4,8H,5-6H2,(H2,14,15). The van der Waals surface area contributed by atoms with Crippen LogP contribution in [0.1, 0.15) is 0 Å². The Bertz CT molecular complexity index is 753. The number of halogens is 1. The molecule has 106 valence electrons. The van der Waals surface area contributed by atoms with Crippen molar-refractivity contribution in [3.63, 3.8) is 0 Å². The molecule has 0 saturated carbocycles. The molecule has 1 aliphatic rings. The highest BCUT2D eigenvalue weighted by molar-refractivity contribution is 9.10. The van der Waals surface area contributed by atoms with Gasteiger partial charge in [-0.3, -0.25) is 0 Å². The Labute approximate surface area is 123 Å².